The van der Waals surface area contributed by atoms with E-state index in [0.29, 0.717) is 0 Å². The maximum Gasteiger partial charge on any atom is 0.417 e. The van der Waals surface area contributed by atoms with E-state index in [2.05, 4.69) is 0 Å². The van der Waals surface area contributed by atoms with Crippen LogP contribution in [-0.4, -0.2) is 40.3 Å². The number of nitrogens with zero attached hydrogens (tertiary/aromatic N) is 1. The molecule has 2 amide bonds. The van der Waals surface area contributed by atoms with Crippen LogP contribution < -0.4 is 0 Å². The fourth-order valence-corrected chi connectivity index (χ4v) is 2.21. The minimum absolute atomic E-state index is 0.0651. The first-order chi connectivity index (χ1) is 7.35. The summed E-state index contributed by atoms with van der Waals surface area (Å²) in [5, 5.41) is 9.20. The first-order valence-electron chi connectivity index (χ1n) is 5.52. The summed E-state index contributed by atoms with van der Waals surface area (Å²) < 4.78 is 5.15. The number of ether oxygens (including phenoxy) is 1. The summed E-state index contributed by atoms with van der Waals surface area (Å²) in [6.45, 7) is 5.08. The van der Waals surface area contributed by atoms with Gasteiger partial charge in [0.15, 0.2) is 0 Å². The van der Waals surface area contributed by atoms with Crippen molar-refractivity contribution in [3.63, 3.8) is 0 Å². The summed E-state index contributed by atoms with van der Waals surface area (Å²) in [6.07, 6.45) is 0.160. The number of likely N-dealkylation sites (tertiary alicyclic amines) is 1. The van der Waals surface area contributed by atoms with E-state index in [9.17, 15) is 14.7 Å². The monoisotopic (exact) mass is 227 g/mol. The lowest BCUT2D eigenvalue weighted by Crippen LogP contribution is -2.46. The number of aliphatic hydroxyl groups is 1. The van der Waals surface area contributed by atoms with Crippen LogP contribution in [0.4, 0.5) is 4.79 Å². The molecule has 1 saturated heterocycles. The molecule has 1 aliphatic heterocycles. The normalized spacial score (nSPS) is 32.6. The van der Waals surface area contributed by atoms with Gasteiger partial charge in [-0.15, -0.1) is 0 Å². The zero-order chi connectivity index (χ0) is 12.1. The van der Waals surface area contributed by atoms with Crippen molar-refractivity contribution in [3.8, 4) is 0 Å². The molecule has 0 radical (unpaired) electrons. The van der Waals surface area contributed by atoms with Gasteiger partial charge in [-0.3, -0.25) is 4.79 Å². The third kappa shape index (κ3) is 1.80. The molecule has 0 aromatic rings. The van der Waals surface area contributed by atoms with Crippen molar-refractivity contribution in [2.75, 3.05) is 6.61 Å². The van der Waals surface area contributed by atoms with Crippen LogP contribution in [0.15, 0.2) is 0 Å². The standard InChI is InChI=1S/C11H17NO4/c1-11(2,3)16-10(15)12-8(5-13)6-4-7(6)9(12)14/h6-8,13H,4-5H2,1-3H3/t6-,7+,8+/m0/s1. The van der Waals surface area contributed by atoms with E-state index < -0.39 is 11.7 Å². The Balaban J connectivity index is 2.08. The lowest BCUT2D eigenvalue weighted by Gasteiger charge is -2.28. The Hall–Kier alpha value is -1.10. The molecule has 0 aromatic carbocycles. The zero-order valence-electron chi connectivity index (χ0n) is 9.77. The summed E-state index contributed by atoms with van der Waals surface area (Å²) in [5.41, 5.74) is -0.621. The summed E-state index contributed by atoms with van der Waals surface area (Å²) >= 11 is 0. The Morgan fingerprint density at radius 1 is 1.56 bits per heavy atom. The smallest absolute Gasteiger partial charge is 0.417 e. The third-order valence-corrected chi connectivity index (χ3v) is 3.00. The van der Waals surface area contributed by atoms with Gasteiger partial charge in [0.2, 0.25) is 5.91 Å². The Bertz CT molecular complexity index is 333. The molecule has 1 N–H and O–H groups in total. The zero-order valence-corrected chi connectivity index (χ0v) is 9.77. The number of carbonyl (C=O) groups excluding carboxylic acids is 2. The molecule has 0 bridgehead atoms. The molecule has 3 atom stereocenters. The van der Waals surface area contributed by atoms with E-state index in [4.69, 9.17) is 4.74 Å². The van der Waals surface area contributed by atoms with E-state index in [1.165, 1.54) is 0 Å². The highest BCUT2D eigenvalue weighted by Gasteiger charge is 2.60. The van der Waals surface area contributed by atoms with Gasteiger partial charge in [0.1, 0.15) is 5.60 Å². The van der Waals surface area contributed by atoms with Gasteiger partial charge in [-0.2, -0.15) is 0 Å². The molecule has 1 aliphatic carbocycles. The Morgan fingerprint density at radius 2 is 2.19 bits per heavy atom. The number of imide groups is 1. The Labute approximate surface area is 94.4 Å². The van der Waals surface area contributed by atoms with Crippen LogP contribution in [0.2, 0.25) is 0 Å². The molecular formula is C11H17NO4. The average molecular weight is 227 g/mol. The summed E-state index contributed by atoms with van der Waals surface area (Å²) in [7, 11) is 0. The molecule has 1 heterocycles. The quantitative estimate of drug-likeness (QED) is 0.718. The van der Waals surface area contributed by atoms with Gasteiger partial charge >= 0.3 is 6.09 Å². The first-order valence-corrected chi connectivity index (χ1v) is 5.52. The number of hydrogen-bond acceptors (Lipinski definition) is 4. The number of hydrogen-bond donors (Lipinski definition) is 1. The lowest BCUT2D eigenvalue weighted by molar-refractivity contribution is -0.131. The molecule has 0 spiro atoms. The Morgan fingerprint density at radius 3 is 2.69 bits per heavy atom. The van der Waals surface area contributed by atoms with Gasteiger partial charge in [0.05, 0.1) is 12.6 Å². The van der Waals surface area contributed by atoms with Gasteiger partial charge < -0.3 is 9.84 Å². The highest BCUT2D eigenvalue weighted by atomic mass is 16.6. The number of piperidine rings is 1. The van der Waals surface area contributed by atoms with E-state index in [1.54, 1.807) is 20.8 Å². The van der Waals surface area contributed by atoms with Crippen molar-refractivity contribution in [3.05, 3.63) is 0 Å². The van der Waals surface area contributed by atoms with Crippen molar-refractivity contribution in [1.29, 1.82) is 0 Å². The topological polar surface area (TPSA) is 66.8 Å². The predicted molar refractivity (Wildman–Crippen MR) is 55.6 cm³/mol. The minimum Gasteiger partial charge on any atom is -0.443 e. The second-order valence-electron chi connectivity index (χ2n) is 5.44. The fourth-order valence-electron chi connectivity index (χ4n) is 2.21. The number of carbonyl (C=O) groups is 2. The third-order valence-electron chi connectivity index (χ3n) is 3.00. The van der Waals surface area contributed by atoms with Gasteiger partial charge in [0.25, 0.3) is 0 Å². The van der Waals surface area contributed by atoms with Crippen molar-refractivity contribution < 1.29 is 19.4 Å². The molecular weight excluding hydrogens is 210 g/mol. The van der Waals surface area contributed by atoms with Gasteiger partial charge in [-0.1, -0.05) is 0 Å². The maximum atomic E-state index is 11.8. The first kappa shape index (κ1) is 11.4. The van der Waals surface area contributed by atoms with Gasteiger partial charge in [-0.25, -0.2) is 9.69 Å². The second-order valence-corrected chi connectivity index (χ2v) is 5.44. The molecule has 2 aliphatic rings. The number of rotatable bonds is 1. The van der Waals surface area contributed by atoms with Crippen molar-refractivity contribution >= 4 is 12.0 Å². The SMILES string of the molecule is CC(C)(C)OC(=O)N1C(=O)[C@@H]2C[C@@H]2[C@H]1CO. The van der Waals surface area contributed by atoms with Gasteiger partial charge in [-0.05, 0) is 33.1 Å². The molecule has 2 rings (SSSR count). The van der Waals surface area contributed by atoms with Crippen LogP contribution in [0.25, 0.3) is 0 Å². The minimum atomic E-state index is -0.635. The molecule has 5 nitrogen and oxygen atoms in total. The average Bonchev–Trinajstić information content (AvgIpc) is 2.84. The van der Waals surface area contributed by atoms with Crippen LogP contribution in [0, 0.1) is 11.8 Å². The Kier molecular flexibility index (Phi) is 2.45. The molecule has 90 valence electrons. The highest BCUT2D eigenvalue weighted by molar-refractivity contribution is 5.98. The van der Waals surface area contributed by atoms with Crippen LogP contribution in [-0.2, 0) is 9.53 Å². The highest BCUT2D eigenvalue weighted by Crippen LogP contribution is 2.50. The largest absolute Gasteiger partial charge is 0.443 e. The number of aliphatic hydroxyl groups excluding tert-OH is 1. The van der Waals surface area contributed by atoms with E-state index in [-0.39, 0.29) is 30.4 Å². The molecule has 5 heteroatoms. The van der Waals surface area contributed by atoms with E-state index in [0.717, 1.165) is 11.3 Å². The summed E-state index contributed by atoms with van der Waals surface area (Å²) in [5.74, 6) is -0.118. The summed E-state index contributed by atoms with van der Waals surface area (Å²) in [4.78, 5) is 24.6. The molecule has 16 heavy (non-hydrogen) atoms. The van der Waals surface area contributed by atoms with Crippen LogP contribution in [0.3, 0.4) is 0 Å². The maximum absolute atomic E-state index is 11.8. The van der Waals surface area contributed by atoms with Crippen molar-refractivity contribution in [1.82, 2.24) is 4.90 Å². The van der Waals surface area contributed by atoms with Crippen LogP contribution in [0.1, 0.15) is 27.2 Å². The second kappa shape index (κ2) is 3.45. The number of fused-ring (bicyclic) bond motifs is 1. The van der Waals surface area contributed by atoms with Gasteiger partial charge in [0, 0.05) is 5.92 Å². The molecule has 0 unspecified atom stereocenters. The van der Waals surface area contributed by atoms with Crippen LogP contribution >= 0.6 is 0 Å². The molecule has 0 aromatic heterocycles. The van der Waals surface area contributed by atoms with Crippen molar-refractivity contribution in [2.45, 2.75) is 38.8 Å². The van der Waals surface area contributed by atoms with Crippen molar-refractivity contribution in [2.24, 2.45) is 11.8 Å². The molecule has 2 fully saturated rings. The lowest BCUT2D eigenvalue weighted by atomic mass is 10.2. The molecule has 1 saturated carbocycles. The fraction of sp³-hybridized carbons (Fsp3) is 0.818. The number of amides is 2. The summed E-state index contributed by atoms with van der Waals surface area (Å²) in [6, 6.07) is -0.382. The predicted octanol–water partition coefficient (Wildman–Crippen LogP) is 0.761. The van der Waals surface area contributed by atoms with E-state index >= 15 is 0 Å². The van der Waals surface area contributed by atoms with E-state index in [1.807, 2.05) is 0 Å². The van der Waals surface area contributed by atoms with Crippen LogP contribution in [0.5, 0.6) is 0 Å².